The minimum absolute atomic E-state index is 0.0690. The molecule has 2 N–H and O–H groups in total. The van der Waals surface area contributed by atoms with Crippen molar-refractivity contribution < 1.29 is 9.84 Å². The Morgan fingerprint density at radius 2 is 2.28 bits per heavy atom. The second-order valence-corrected chi connectivity index (χ2v) is 5.56. The van der Waals surface area contributed by atoms with Crippen LogP contribution in [0.2, 0.25) is 0 Å². The van der Waals surface area contributed by atoms with Gasteiger partial charge in [0.1, 0.15) is 5.75 Å². The standard InChI is InChI=1S/C15H21NO2/c1-18-15(8-3-9-15)10-16-13-7-6-12-11(13)4-2-5-14(12)17/h2,4-5,13,16-17H,3,6-10H2,1H3. The Bertz CT molecular complexity index is 435. The van der Waals surface area contributed by atoms with E-state index >= 15 is 0 Å². The van der Waals surface area contributed by atoms with Crippen molar-refractivity contribution in [2.24, 2.45) is 0 Å². The summed E-state index contributed by atoms with van der Waals surface area (Å²) in [6, 6.07) is 6.22. The summed E-state index contributed by atoms with van der Waals surface area (Å²) in [5.74, 6) is 0.446. The average Bonchev–Trinajstić information content (AvgIpc) is 2.73. The quantitative estimate of drug-likeness (QED) is 0.859. The van der Waals surface area contributed by atoms with E-state index in [9.17, 15) is 5.11 Å². The van der Waals surface area contributed by atoms with Gasteiger partial charge in [-0.2, -0.15) is 0 Å². The van der Waals surface area contributed by atoms with E-state index in [1.54, 1.807) is 6.07 Å². The molecule has 3 rings (SSSR count). The number of methoxy groups -OCH3 is 1. The molecule has 1 fully saturated rings. The van der Waals surface area contributed by atoms with Crippen LogP contribution in [0.4, 0.5) is 0 Å². The van der Waals surface area contributed by atoms with Crippen molar-refractivity contribution in [3.05, 3.63) is 29.3 Å². The van der Waals surface area contributed by atoms with Crippen molar-refractivity contribution >= 4 is 0 Å². The maximum atomic E-state index is 9.83. The maximum absolute atomic E-state index is 9.83. The highest BCUT2D eigenvalue weighted by molar-refractivity contribution is 5.44. The van der Waals surface area contributed by atoms with E-state index in [1.165, 1.54) is 12.0 Å². The molecule has 2 aliphatic carbocycles. The van der Waals surface area contributed by atoms with E-state index in [2.05, 4.69) is 11.4 Å². The predicted octanol–water partition coefficient (Wildman–Crippen LogP) is 2.54. The van der Waals surface area contributed by atoms with Crippen molar-refractivity contribution in [3.8, 4) is 5.75 Å². The van der Waals surface area contributed by atoms with Gasteiger partial charge >= 0.3 is 0 Å². The summed E-state index contributed by atoms with van der Waals surface area (Å²) in [6.45, 7) is 0.920. The normalized spacial score (nSPS) is 24.6. The van der Waals surface area contributed by atoms with Crippen LogP contribution in [0.15, 0.2) is 18.2 Å². The van der Waals surface area contributed by atoms with Crippen LogP contribution < -0.4 is 5.32 Å². The van der Waals surface area contributed by atoms with Gasteiger partial charge in [0.2, 0.25) is 0 Å². The van der Waals surface area contributed by atoms with Gasteiger partial charge in [-0.3, -0.25) is 0 Å². The molecule has 0 bridgehead atoms. The molecule has 1 atom stereocenters. The van der Waals surface area contributed by atoms with E-state index < -0.39 is 0 Å². The van der Waals surface area contributed by atoms with E-state index in [1.807, 2.05) is 13.2 Å². The topological polar surface area (TPSA) is 41.5 Å². The number of hydrogen-bond donors (Lipinski definition) is 2. The third-order valence-corrected chi connectivity index (χ3v) is 4.61. The molecule has 2 aliphatic rings. The second-order valence-electron chi connectivity index (χ2n) is 5.56. The molecular formula is C15H21NO2. The van der Waals surface area contributed by atoms with Crippen LogP contribution >= 0.6 is 0 Å². The first-order valence-electron chi connectivity index (χ1n) is 6.83. The fourth-order valence-electron chi connectivity index (χ4n) is 3.18. The zero-order valence-electron chi connectivity index (χ0n) is 10.9. The van der Waals surface area contributed by atoms with E-state index in [0.29, 0.717) is 11.8 Å². The highest BCUT2D eigenvalue weighted by atomic mass is 16.5. The van der Waals surface area contributed by atoms with Crippen LogP contribution in [0.3, 0.4) is 0 Å². The Kier molecular flexibility index (Phi) is 3.04. The van der Waals surface area contributed by atoms with E-state index in [-0.39, 0.29) is 5.60 Å². The number of nitrogens with one attached hydrogen (secondary N) is 1. The summed E-state index contributed by atoms with van der Waals surface area (Å²) in [5.41, 5.74) is 2.45. The summed E-state index contributed by atoms with van der Waals surface area (Å²) in [6.07, 6.45) is 5.65. The van der Waals surface area contributed by atoms with Crippen LogP contribution in [0.5, 0.6) is 5.75 Å². The van der Waals surface area contributed by atoms with Crippen molar-refractivity contribution in [3.63, 3.8) is 0 Å². The summed E-state index contributed by atoms with van der Waals surface area (Å²) in [5, 5.41) is 13.5. The second kappa shape index (κ2) is 4.56. The third-order valence-electron chi connectivity index (χ3n) is 4.61. The lowest BCUT2D eigenvalue weighted by molar-refractivity contribution is -0.0709. The summed E-state index contributed by atoms with van der Waals surface area (Å²) in [7, 11) is 1.81. The van der Waals surface area contributed by atoms with Gasteiger partial charge in [0.05, 0.1) is 5.60 Å². The summed E-state index contributed by atoms with van der Waals surface area (Å²) >= 11 is 0. The molecule has 1 aromatic carbocycles. The minimum atomic E-state index is 0.0690. The highest BCUT2D eigenvalue weighted by Crippen LogP contribution is 2.38. The molecule has 0 heterocycles. The molecule has 0 radical (unpaired) electrons. The number of ether oxygens (including phenoxy) is 1. The molecule has 18 heavy (non-hydrogen) atoms. The first-order chi connectivity index (χ1) is 8.74. The average molecular weight is 247 g/mol. The lowest BCUT2D eigenvalue weighted by atomic mass is 9.80. The van der Waals surface area contributed by atoms with Crippen LogP contribution in [0, 0.1) is 0 Å². The molecule has 1 saturated carbocycles. The van der Waals surface area contributed by atoms with Gasteiger partial charge in [-0.25, -0.2) is 0 Å². The summed E-state index contributed by atoms with van der Waals surface area (Å²) in [4.78, 5) is 0. The van der Waals surface area contributed by atoms with Crippen molar-refractivity contribution in [2.75, 3.05) is 13.7 Å². The molecule has 0 aliphatic heterocycles. The van der Waals surface area contributed by atoms with Gasteiger partial charge in [-0.05, 0) is 49.3 Å². The number of aromatic hydroxyl groups is 1. The Labute approximate surface area is 108 Å². The zero-order chi connectivity index (χ0) is 12.6. The fourth-order valence-corrected chi connectivity index (χ4v) is 3.18. The molecule has 3 nitrogen and oxygen atoms in total. The molecule has 98 valence electrons. The predicted molar refractivity (Wildman–Crippen MR) is 70.8 cm³/mol. The van der Waals surface area contributed by atoms with Crippen molar-refractivity contribution in [2.45, 2.75) is 43.7 Å². The van der Waals surface area contributed by atoms with Crippen molar-refractivity contribution in [1.82, 2.24) is 5.32 Å². The van der Waals surface area contributed by atoms with Crippen molar-refractivity contribution in [1.29, 1.82) is 0 Å². The number of benzene rings is 1. The van der Waals surface area contributed by atoms with Gasteiger partial charge < -0.3 is 15.2 Å². The zero-order valence-corrected chi connectivity index (χ0v) is 10.9. The molecule has 0 saturated heterocycles. The van der Waals surface area contributed by atoms with Gasteiger partial charge in [0.15, 0.2) is 0 Å². The fraction of sp³-hybridized carbons (Fsp3) is 0.600. The highest BCUT2D eigenvalue weighted by Gasteiger charge is 2.37. The minimum Gasteiger partial charge on any atom is -0.508 e. The number of hydrogen-bond acceptors (Lipinski definition) is 3. The lowest BCUT2D eigenvalue weighted by Crippen LogP contribution is -2.48. The maximum Gasteiger partial charge on any atom is 0.119 e. The van der Waals surface area contributed by atoms with Gasteiger partial charge in [0, 0.05) is 19.7 Å². The van der Waals surface area contributed by atoms with Crippen LogP contribution in [0.1, 0.15) is 42.9 Å². The molecule has 3 heteroatoms. The molecule has 0 amide bonds. The van der Waals surface area contributed by atoms with Crippen LogP contribution in [0.25, 0.3) is 0 Å². The molecule has 0 spiro atoms. The Morgan fingerprint density at radius 3 is 2.94 bits per heavy atom. The SMILES string of the molecule is COC1(CNC2CCc3c(O)cccc32)CCC1. The van der Waals surface area contributed by atoms with Gasteiger partial charge in [0.25, 0.3) is 0 Å². The Hall–Kier alpha value is -1.06. The molecule has 1 unspecified atom stereocenters. The van der Waals surface area contributed by atoms with Crippen LogP contribution in [-0.2, 0) is 11.2 Å². The molecular weight excluding hydrogens is 226 g/mol. The van der Waals surface area contributed by atoms with Gasteiger partial charge in [-0.1, -0.05) is 12.1 Å². The van der Waals surface area contributed by atoms with E-state index in [4.69, 9.17) is 4.74 Å². The molecule has 1 aromatic rings. The molecule has 0 aromatic heterocycles. The van der Waals surface area contributed by atoms with Crippen LogP contribution in [-0.4, -0.2) is 24.4 Å². The largest absolute Gasteiger partial charge is 0.508 e. The smallest absolute Gasteiger partial charge is 0.119 e. The van der Waals surface area contributed by atoms with Gasteiger partial charge in [-0.15, -0.1) is 0 Å². The first kappa shape index (κ1) is 12.0. The number of phenols is 1. The monoisotopic (exact) mass is 247 g/mol. The first-order valence-corrected chi connectivity index (χ1v) is 6.83. The lowest BCUT2D eigenvalue weighted by Gasteiger charge is -2.41. The third kappa shape index (κ3) is 1.91. The number of phenolic OH excluding ortho intramolecular Hbond substituents is 1. The number of rotatable bonds is 4. The Balaban J connectivity index is 1.68. The number of fused-ring (bicyclic) bond motifs is 1. The Morgan fingerprint density at radius 1 is 1.44 bits per heavy atom. The van der Waals surface area contributed by atoms with E-state index in [0.717, 1.165) is 37.8 Å². The summed E-state index contributed by atoms with van der Waals surface area (Å²) < 4.78 is 5.63.